The van der Waals surface area contributed by atoms with Crippen molar-refractivity contribution in [3.8, 4) is 0 Å². The largest absolute Gasteiger partial charge is 0.351 e. The monoisotopic (exact) mass is 337 g/mol. The predicted octanol–water partition coefficient (Wildman–Crippen LogP) is 3.94. The number of carbonyl (C=O) groups excluding carboxylic acids is 1. The SMILES string of the molecule is Cc1cccc(NC(N)=O)c1CN1CCC(Cc2ccccc2)CC1. The molecule has 2 aromatic rings. The quantitative estimate of drug-likeness (QED) is 0.868. The number of nitrogens with zero attached hydrogens (tertiary/aromatic N) is 1. The highest BCUT2D eigenvalue weighted by molar-refractivity contribution is 5.88. The van der Waals surface area contributed by atoms with Gasteiger partial charge >= 0.3 is 6.03 Å². The first-order valence-corrected chi connectivity index (χ1v) is 9.03. The molecule has 132 valence electrons. The molecule has 1 heterocycles. The summed E-state index contributed by atoms with van der Waals surface area (Å²) in [7, 11) is 0. The first kappa shape index (κ1) is 17.5. The van der Waals surface area contributed by atoms with E-state index in [1.54, 1.807) is 0 Å². The zero-order chi connectivity index (χ0) is 17.6. The predicted molar refractivity (Wildman–Crippen MR) is 103 cm³/mol. The van der Waals surface area contributed by atoms with Crippen LogP contribution in [0.15, 0.2) is 48.5 Å². The second kappa shape index (κ2) is 8.17. The van der Waals surface area contributed by atoms with E-state index in [1.807, 2.05) is 12.1 Å². The minimum Gasteiger partial charge on any atom is -0.351 e. The number of piperidine rings is 1. The van der Waals surface area contributed by atoms with E-state index in [1.165, 1.54) is 36.0 Å². The summed E-state index contributed by atoms with van der Waals surface area (Å²) in [4.78, 5) is 13.7. The van der Waals surface area contributed by atoms with Gasteiger partial charge in [-0.15, -0.1) is 0 Å². The molecule has 3 rings (SSSR count). The fourth-order valence-corrected chi connectivity index (χ4v) is 3.68. The number of nitrogens with one attached hydrogen (secondary N) is 1. The van der Waals surface area contributed by atoms with Gasteiger partial charge in [-0.05, 0) is 68.0 Å². The Bertz CT molecular complexity index is 706. The average molecular weight is 337 g/mol. The Hall–Kier alpha value is -2.33. The first-order valence-electron chi connectivity index (χ1n) is 9.03. The van der Waals surface area contributed by atoms with Gasteiger partial charge < -0.3 is 11.1 Å². The Kier molecular flexibility index (Phi) is 5.71. The van der Waals surface area contributed by atoms with E-state index < -0.39 is 6.03 Å². The summed E-state index contributed by atoms with van der Waals surface area (Å²) in [6.07, 6.45) is 3.62. The molecule has 0 saturated carbocycles. The molecule has 3 N–H and O–H groups in total. The van der Waals surface area contributed by atoms with E-state index >= 15 is 0 Å². The second-order valence-electron chi connectivity index (χ2n) is 7.00. The first-order chi connectivity index (χ1) is 12.1. The van der Waals surface area contributed by atoms with Crippen molar-refractivity contribution in [1.82, 2.24) is 4.90 Å². The fraction of sp³-hybridized carbons (Fsp3) is 0.381. The summed E-state index contributed by atoms with van der Waals surface area (Å²) in [6.45, 7) is 5.15. The smallest absolute Gasteiger partial charge is 0.316 e. The third-order valence-electron chi connectivity index (χ3n) is 5.12. The molecule has 2 aromatic carbocycles. The van der Waals surface area contributed by atoms with Crippen LogP contribution in [0.25, 0.3) is 0 Å². The molecule has 1 fully saturated rings. The van der Waals surface area contributed by atoms with Crippen molar-refractivity contribution in [2.24, 2.45) is 11.7 Å². The lowest BCUT2D eigenvalue weighted by molar-refractivity contribution is 0.177. The number of rotatable bonds is 5. The number of urea groups is 1. The molecule has 0 aliphatic carbocycles. The van der Waals surface area contributed by atoms with Gasteiger partial charge in [0.2, 0.25) is 0 Å². The standard InChI is InChI=1S/C21H27N3O/c1-16-6-5-9-20(23-21(22)25)19(16)15-24-12-10-18(11-13-24)14-17-7-3-2-4-8-17/h2-9,18H,10-15H2,1H3,(H3,22,23,25). The van der Waals surface area contributed by atoms with Gasteiger partial charge in [-0.3, -0.25) is 4.90 Å². The van der Waals surface area contributed by atoms with E-state index in [2.05, 4.69) is 53.5 Å². The molecule has 0 unspecified atom stereocenters. The van der Waals surface area contributed by atoms with Gasteiger partial charge in [0.25, 0.3) is 0 Å². The molecule has 1 aliphatic heterocycles. The van der Waals surface area contributed by atoms with E-state index in [0.29, 0.717) is 0 Å². The molecular formula is C21H27N3O. The Morgan fingerprint density at radius 1 is 1.12 bits per heavy atom. The molecule has 1 saturated heterocycles. The molecule has 2 amide bonds. The van der Waals surface area contributed by atoms with Crippen molar-refractivity contribution in [3.63, 3.8) is 0 Å². The van der Waals surface area contributed by atoms with Crippen molar-refractivity contribution >= 4 is 11.7 Å². The van der Waals surface area contributed by atoms with Crippen molar-refractivity contribution in [3.05, 3.63) is 65.2 Å². The third-order valence-corrected chi connectivity index (χ3v) is 5.12. The van der Waals surface area contributed by atoms with Crippen LogP contribution in [-0.4, -0.2) is 24.0 Å². The molecule has 0 atom stereocenters. The normalized spacial score (nSPS) is 15.9. The number of carbonyl (C=O) groups is 1. The number of hydrogen-bond donors (Lipinski definition) is 2. The summed E-state index contributed by atoms with van der Waals surface area (Å²) in [5.74, 6) is 0.763. The van der Waals surface area contributed by atoms with Crippen molar-refractivity contribution in [1.29, 1.82) is 0 Å². The highest BCUT2D eigenvalue weighted by Gasteiger charge is 2.21. The fourth-order valence-electron chi connectivity index (χ4n) is 3.68. The van der Waals surface area contributed by atoms with E-state index in [-0.39, 0.29) is 0 Å². The number of anilines is 1. The third kappa shape index (κ3) is 4.83. The van der Waals surface area contributed by atoms with Crippen LogP contribution in [0, 0.1) is 12.8 Å². The van der Waals surface area contributed by atoms with Gasteiger partial charge in [-0.1, -0.05) is 42.5 Å². The van der Waals surface area contributed by atoms with Gasteiger partial charge in [0, 0.05) is 12.2 Å². The molecule has 4 nitrogen and oxygen atoms in total. The second-order valence-corrected chi connectivity index (χ2v) is 7.00. The number of amides is 2. The van der Waals surface area contributed by atoms with Crippen LogP contribution in [0.2, 0.25) is 0 Å². The highest BCUT2D eigenvalue weighted by Crippen LogP contribution is 2.26. The van der Waals surface area contributed by atoms with Gasteiger partial charge in [-0.2, -0.15) is 0 Å². The molecule has 1 aliphatic rings. The van der Waals surface area contributed by atoms with Crippen LogP contribution in [0.5, 0.6) is 0 Å². The van der Waals surface area contributed by atoms with E-state index in [9.17, 15) is 4.79 Å². The van der Waals surface area contributed by atoms with Crippen molar-refractivity contribution in [2.45, 2.75) is 32.7 Å². The maximum absolute atomic E-state index is 11.2. The van der Waals surface area contributed by atoms with Crippen LogP contribution >= 0.6 is 0 Å². The van der Waals surface area contributed by atoms with Crippen LogP contribution < -0.4 is 11.1 Å². The number of primary amides is 1. The number of nitrogens with two attached hydrogens (primary N) is 1. The Morgan fingerprint density at radius 3 is 2.52 bits per heavy atom. The van der Waals surface area contributed by atoms with Gasteiger partial charge in [-0.25, -0.2) is 4.79 Å². The number of aryl methyl sites for hydroxylation is 1. The van der Waals surface area contributed by atoms with Crippen LogP contribution in [0.3, 0.4) is 0 Å². The number of hydrogen-bond acceptors (Lipinski definition) is 2. The minimum atomic E-state index is -0.506. The summed E-state index contributed by atoms with van der Waals surface area (Å²) in [5.41, 5.74) is 9.94. The van der Waals surface area contributed by atoms with E-state index in [4.69, 9.17) is 5.73 Å². The summed E-state index contributed by atoms with van der Waals surface area (Å²) >= 11 is 0. The van der Waals surface area contributed by atoms with Crippen molar-refractivity contribution in [2.75, 3.05) is 18.4 Å². The highest BCUT2D eigenvalue weighted by atomic mass is 16.2. The van der Waals surface area contributed by atoms with Crippen molar-refractivity contribution < 1.29 is 4.79 Å². The minimum absolute atomic E-state index is 0.506. The summed E-state index contributed by atoms with van der Waals surface area (Å²) < 4.78 is 0. The van der Waals surface area contributed by atoms with Crippen LogP contribution in [-0.2, 0) is 13.0 Å². The maximum atomic E-state index is 11.2. The molecule has 0 spiro atoms. The topological polar surface area (TPSA) is 58.4 Å². The van der Waals surface area contributed by atoms with Crippen LogP contribution in [0.1, 0.15) is 29.5 Å². The molecule has 0 bridgehead atoms. The zero-order valence-electron chi connectivity index (χ0n) is 14.9. The lowest BCUT2D eigenvalue weighted by atomic mass is 9.90. The Balaban J connectivity index is 1.58. The van der Waals surface area contributed by atoms with Gasteiger partial charge in [0.05, 0.1) is 0 Å². The lowest BCUT2D eigenvalue weighted by Gasteiger charge is -2.33. The molecule has 0 radical (unpaired) electrons. The molecule has 4 heteroatoms. The zero-order valence-corrected chi connectivity index (χ0v) is 14.9. The Labute approximate surface area is 150 Å². The van der Waals surface area contributed by atoms with Crippen LogP contribution in [0.4, 0.5) is 10.5 Å². The summed E-state index contributed by atoms with van der Waals surface area (Å²) in [5, 5.41) is 2.76. The molecule has 25 heavy (non-hydrogen) atoms. The molecule has 0 aromatic heterocycles. The van der Waals surface area contributed by atoms with E-state index in [0.717, 1.165) is 31.2 Å². The number of likely N-dealkylation sites (tertiary alicyclic amines) is 1. The number of benzene rings is 2. The maximum Gasteiger partial charge on any atom is 0.316 e. The summed E-state index contributed by atoms with van der Waals surface area (Å²) in [6, 6.07) is 16.2. The lowest BCUT2D eigenvalue weighted by Crippen LogP contribution is -2.34. The Morgan fingerprint density at radius 2 is 1.84 bits per heavy atom. The van der Waals surface area contributed by atoms with Gasteiger partial charge in [0.15, 0.2) is 0 Å². The van der Waals surface area contributed by atoms with Gasteiger partial charge in [0.1, 0.15) is 0 Å². The average Bonchev–Trinajstić information content (AvgIpc) is 2.60. The molecular weight excluding hydrogens is 310 g/mol.